The highest BCUT2D eigenvalue weighted by atomic mass is 79.9. The number of hydrogen-bond acceptors (Lipinski definition) is 2. The molecule has 0 atom stereocenters. The number of aromatic hydroxyl groups is 1. The molecule has 1 N–H and O–H groups in total. The van der Waals surface area contributed by atoms with Crippen LogP contribution in [-0.4, -0.2) is 5.11 Å². The number of halogens is 1. The van der Waals surface area contributed by atoms with Gasteiger partial charge in [0.1, 0.15) is 5.75 Å². The van der Waals surface area contributed by atoms with Gasteiger partial charge in [-0.1, -0.05) is 12.1 Å². The van der Waals surface area contributed by atoms with Crippen LogP contribution >= 0.6 is 27.3 Å². The maximum atomic E-state index is 9.50. The van der Waals surface area contributed by atoms with Crippen LogP contribution in [0.2, 0.25) is 0 Å². The lowest BCUT2D eigenvalue weighted by Crippen LogP contribution is -1.65. The predicted molar refractivity (Wildman–Crippen MR) is 55.9 cm³/mol. The summed E-state index contributed by atoms with van der Waals surface area (Å²) >= 11 is 5.09. The summed E-state index contributed by atoms with van der Waals surface area (Å²) in [6, 6.07) is 5.57. The second-order valence-electron chi connectivity index (χ2n) is 2.63. The molecule has 1 aromatic carbocycles. The predicted octanol–water partition coefficient (Wildman–Crippen LogP) is 3.68. The summed E-state index contributed by atoms with van der Waals surface area (Å²) in [6.07, 6.45) is 0. The molecule has 0 saturated carbocycles. The highest BCUT2D eigenvalue weighted by Crippen LogP contribution is 2.39. The second-order valence-corrected chi connectivity index (χ2v) is 4.64. The van der Waals surface area contributed by atoms with E-state index in [0.717, 1.165) is 14.6 Å². The van der Waals surface area contributed by atoms with Gasteiger partial charge >= 0.3 is 0 Å². The third-order valence-electron chi connectivity index (χ3n) is 1.79. The number of thiophene rings is 1. The molecule has 12 heavy (non-hydrogen) atoms. The molecule has 0 aliphatic carbocycles. The number of aryl methyl sites for hydroxylation is 1. The van der Waals surface area contributed by atoms with Crippen LogP contribution in [0.25, 0.3) is 10.1 Å². The topological polar surface area (TPSA) is 20.2 Å². The van der Waals surface area contributed by atoms with E-state index in [1.165, 1.54) is 4.88 Å². The van der Waals surface area contributed by atoms with Gasteiger partial charge in [-0.25, -0.2) is 0 Å². The maximum Gasteiger partial charge on any atom is 0.133 e. The molecular weight excluding hydrogens is 236 g/mol. The lowest BCUT2D eigenvalue weighted by atomic mass is 10.2. The first-order chi connectivity index (χ1) is 5.70. The standard InChI is InChI=1S/C9H7BrOS/c1-5-8(10)6-3-2-4-7(11)9(6)12-5/h2-4,11H,1H3. The van der Waals surface area contributed by atoms with Gasteiger partial charge in [0.25, 0.3) is 0 Å². The molecule has 0 bridgehead atoms. The largest absolute Gasteiger partial charge is 0.506 e. The Morgan fingerprint density at radius 1 is 1.42 bits per heavy atom. The zero-order chi connectivity index (χ0) is 8.72. The number of rotatable bonds is 0. The van der Waals surface area contributed by atoms with Crippen molar-refractivity contribution in [1.29, 1.82) is 0 Å². The van der Waals surface area contributed by atoms with Crippen molar-refractivity contribution in [2.75, 3.05) is 0 Å². The van der Waals surface area contributed by atoms with Gasteiger partial charge in [-0.2, -0.15) is 0 Å². The molecule has 0 amide bonds. The fourth-order valence-electron chi connectivity index (χ4n) is 1.19. The summed E-state index contributed by atoms with van der Waals surface area (Å²) in [5.41, 5.74) is 0. The van der Waals surface area contributed by atoms with Crippen molar-refractivity contribution in [2.24, 2.45) is 0 Å². The average Bonchev–Trinajstić information content (AvgIpc) is 2.32. The SMILES string of the molecule is Cc1sc2c(O)cccc2c1Br. The molecule has 0 fully saturated rings. The van der Waals surface area contributed by atoms with Gasteiger partial charge < -0.3 is 5.11 Å². The van der Waals surface area contributed by atoms with E-state index in [1.807, 2.05) is 19.1 Å². The van der Waals surface area contributed by atoms with E-state index in [-0.39, 0.29) is 0 Å². The minimum Gasteiger partial charge on any atom is -0.506 e. The van der Waals surface area contributed by atoms with Gasteiger partial charge in [0.15, 0.2) is 0 Å². The first kappa shape index (κ1) is 8.08. The molecule has 0 radical (unpaired) electrons. The number of benzene rings is 1. The highest BCUT2D eigenvalue weighted by Gasteiger charge is 2.08. The number of hydrogen-bond donors (Lipinski definition) is 1. The Bertz CT molecular complexity index is 433. The molecule has 1 aromatic heterocycles. The minimum atomic E-state index is 0.367. The van der Waals surface area contributed by atoms with Gasteiger partial charge in [0, 0.05) is 14.7 Å². The van der Waals surface area contributed by atoms with Crippen LogP contribution in [-0.2, 0) is 0 Å². The van der Waals surface area contributed by atoms with Crippen LogP contribution in [0.5, 0.6) is 5.75 Å². The van der Waals surface area contributed by atoms with Crippen molar-refractivity contribution in [3.05, 3.63) is 27.5 Å². The van der Waals surface area contributed by atoms with E-state index in [2.05, 4.69) is 15.9 Å². The Hall–Kier alpha value is -0.540. The molecule has 0 saturated heterocycles. The molecule has 2 aromatic rings. The molecule has 62 valence electrons. The molecule has 2 rings (SSSR count). The van der Waals surface area contributed by atoms with Crippen molar-refractivity contribution in [3.8, 4) is 5.75 Å². The van der Waals surface area contributed by atoms with Crippen molar-refractivity contribution < 1.29 is 5.11 Å². The Balaban J connectivity index is 2.95. The molecule has 0 aliphatic heterocycles. The molecule has 0 unspecified atom stereocenters. The first-order valence-electron chi connectivity index (χ1n) is 3.56. The number of phenolic OH excluding ortho intramolecular Hbond substituents is 1. The molecule has 3 heteroatoms. The summed E-state index contributed by atoms with van der Waals surface area (Å²) in [5, 5.41) is 10.6. The second kappa shape index (κ2) is 2.75. The zero-order valence-corrected chi connectivity index (χ0v) is 8.87. The summed E-state index contributed by atoms with van der Waals surface area (Å²) in [5.74, 6) is 0.367. The highest BCUT2D eigenvalue weighted by molar-refractivity contribution is 9.10. The Morgan fingerprint density at radius 3 is 2.83 bits per heavy atom. The van der Waals surface area contributed by atoms with E-state index in [9.17, 15) is 5.11 Å². The summed E-state index contributed by atoms with van der Waals surface area (Å²) in [6.45, 7) is 2.04. The molecule has 0 aliphatic rings. The fourth-order valence-corrected chi connectivity index (χ4v) is 2.86. The van der Waals surface area contributed by atoms with E-state index < -0.39 is 0 Å². The Labute approximate surface area is 82.8 Å². The van der Waals surface area contributed by atoms with Crippen molar-refractivity contribution >= 4 is 37.4 Å². The maximum absolute atomic E-state index is 9.50. The van der Waals surface area contributed by atoms with Gasteiger partial charge in [-0.15, -0.1) is 11.3 Å². The fraction of sp³-hybridized carbons (Fsp3) is 0.111. The quantitative estimate of drug-likeness (QED) is 0.748. The Kier molecular flexibility index (Phi) is 1.85. The van der Waals surface area contributed by atoms with Crippen molar-refractivity contribution in [2.45, 2.75) is 6.92 Å². The van der Waals surface area contributed by atoms with Crippen LogP contribution in [0.3, 0.4) is 0 Å². The van der Waals surface area contributed by atoms with E-state index in [4.69, 9.17) is 0 Å². The van der Waals surface area contributed by atoms with Gasteiger partial charge in [-0.3, -0.25) is 0 Å². The molecule has 0 spiro atoms. The van der Waals surface area contributed by atoms with Crippen molar-refractivity contribution in [1.82, 2.24) is 0 Å². The molecule has 1 nitrogen and oxygen atoms in total. The first-order valence-corrected chi connectivity index (χ1v) is 5.17. The summed E-state index contributed by atoms with van der Waals surface area (Å²) in [4.78, 5) is 1.20. The van der Waals surface area contributed by atoms with Crippen LogP contribution in [0.15, 0.2) is 22.7 Å². The van der Waals surface area contributed by atoms with Crippen LogP contribution in [0.1, 0.15) is 4.88 Å². The van der Waals surface area contributed by atoms with Gasteiger partial charge in [0.05, 0.1) is 4.70 Å². The zero-order valence-electron chi connectivity index (χ0n) is 6.47. The smallest absolute Gasteiger partial charge is 0.133 e. The van der Waals surface area contributed by atoms with Crippen LogP contribution < -0.4 is 0 Å². The third kappa shape index (κ3) is 1.04. The average molecular weight is 243 g/mol. The van der Waals surface area contributed by atoms with E-state index in [0.29, 0.717) is 5.75 Å². The third-order valence-corrected chi connectivity index (χ3v) is 4.22. The monoisotopic (exact) mass is 242 g/mol. The van der Waals surface area contributed by atoms with Gasteiger partial charge in [-0.05, 0) is 28.9 Å². The summed E-state index contributed by atoms with van der Waals surface area (Å²) < 4.78 is 2.06. The van der Waals surface area contributed by atoms with E-state index in [1.54, 1.807) is 17.4 Å². The lowest BCUT2D eigenvalue weighted by molar-refractivity contribution is 0.482. The van der Waals surface area contributed by atoms with E-state index >= 15 is 0 Å². The molecular formula is C9H7BrOS. The number of fused-ring (bicyclic) bond motifs is 1. The minimum absolute atomic E-state index is 0.367. The molecule has 1 heterocycles. The van der Waals surface area contributed by atoms with Gasteiger partial charge in [0.2, 0.25) is 0 Å². The van der Waals surface area contributed by atoms with Crippen LogP contribution in [0, 0.1) is 6.92 Å². The van der Waals surface area contributed by atoms with Crippen LogP contribution in [0.4, 0.5) is 0 Å². The normalized spacial score (nSPS) is 10.8. The van der Waals surface area contributed by atoms with Crippen molar-refractivity contribution in [3.63, 3.8) is 0 Å². The summed E-state index contributed by atoms with van der Waals surface area (Å²) in [7, 11) is 0. The Morgan fingerprint density at radius 2 is 2.17 bits per heavy atom. The number of phenols is 1. The lowest BCUT2D eigenvalue weighted by Gasteiger charge is -1.92.